The van der Waals surface area contributed by atoms with Crippen molar-refractivity contribution in [2.45, 2.75) is 32.2 Å². The van der Waals surface area contributed by atoms with Crippen molar-refractivity contribution in [3.63, 3.8) is 0 Å². The van der Waals surface area contributed by atoms with Gasteiger partial charge in [-0.3, -0.25) is 4.79 Å². The lowest BCUT2D eigenvalue weighted by Crippen LogP contribution is -2.33. The fraction of sp³-hybridized carbons (Fsp3) is 0.462. The number of aromatic hydroxyl groups is 1. The number of phenols is 1. The van der Waals surface area contributed by atoms with Crippen LogP contribution in [0.3, 0.4) is 0 Å². The number of phenolic OH excluding ortho intramolecular Hbond substituents is 1. The first-order chi connectivity index (χ1) is 8.13. The zero-order valence-electron chi connectivity index (χ0n) is 9.82. The van der Waals surface area contributed by atoms with Gasteiger partial charge in [-0.15, -0.1) is 0 Å². The zero-order valence-corrected chi connectivity index (χ0v) is 10.6. The maximum atomic E-state index is 12.3. The van der Waals surface area contributed by atoms with Crippen molar-refractivity contribution in [2.24, 2.45) is 0 Å². The molecule has 1 fully saturated rings. The van der Waals surface area contributed by atoms with Crippen molar-refractivity contribution in [3.8, 4) is 5.75 Å². The van der Waals surface area contributed by atoms with Crippen molar-refractivity contribution < 1.29 is 9.90 Å². The highest BCUT2D eigenvalue weighted by Crippen LogP contribution is 2.31. The molecule has 1 aromatic carbocycles. The first kappa shape index (κ1) is 12.2. The van der Waals surface area contributed by atoms with Crippen molar-refractivity contribution in [2.75, 3.05) is 6.54 Å². The molecule has 4 heteroatoms. The van der Waals surface area contributed by atoms with Crippen LogP contribution in [-0.4, -0.2) is 28.5 Å². The minimum Gasteiger partial charge on any atom is -0.507 e. The quantitative estimate of drug-likeness (QED) is 0.896. The molecule has 0 radical (unpaired) electrons. The number of hydrogen-bond donors (Lipinski definition) is 1. The van der Waals surface area contributed by atoms with Crippen molar-refractivity contribution in [3.05, 3.63) is 28.8 Å². The topological polar surface area (TPSA) is 40.5 Å². The SMILES string of the molecule is CCCN(C(=O)c1cc(Cl)ccc1O)C1CC1. The fourth-order valence-corrected chi connectivity index (χ4v) is 2.08. The number of benzene rings is 1. The maximum Gasteiger partial charge on any atom is 0.257 e. The van der Waals surface area contributed by atoms with Crippen molar-refractivity contribution in [1.29, 1.82) is 0 Å². The van der Waals surface area contributed by atoms with E-state index < -0.39 is 0 Å². The third kappa shape index (κ3) is 2.72. The molecule has 0 bridgehead atoms. The molecule has 0 atom stereocenters. The van der Waals surface area contributed by atoms with Gasteiger partial charge in [-0.05, 0) is 37.5 Å². The summed E-state index contributed by atoms with van der Waals surface area (Å²) in [5, 5.41) is 10.2. The van der Waals surface area contributed by atoms with E-state index in [1.54, 1.807) is 6.07 Å². The summed E-state index contributed by atoms with van der Waals surface area (Å²) in [4.78, 5) is 14.1. The molecule has 0 aromatic heterocycles. The summed E-state index contributed by atoms with van der Waals surface area (Å²) >= 11 is 5.86. The molecule has 1 amide bonds. The second kappa shape index (κ2) is 4.96. The van der Waals surface area contributed by atoms with E-state index >= 15 is 0 Å². The van der Waals surface area contributed by atoms with Crippen LogP contribution in [0, 0.1) is 0 Å². The van der Waals surface area contributed by atoms with Crippen LogP contribution in [0.15, 0.2) is 18.2 Å². The summed E-state index contributed by atoms with van der Waals surface area (Å²) in [7, 11) is 0. The van der Waals surface area contributed by atoms with Gasteiger partial charge in [0.05, 0.1) is 5.56 Å². The Morgan fingerprint density at radius 3 is 2.82 bits per heavy atom. The smallest absolute Gasteiger partial charge is 0.257 e. The summed E-state index contributed by atoms with van der Waals surface area (Å²) in [5.74, 6) is -0.115. The number of amides is 1. The normalized spacial score (nSPS) is 14.7. The highest BCUT2D eigenvalue weighted by atomic mass is 35.5. The average Bonchev–Trinajstić information content (AvgIpc) is 3.12. The van der Waals surface area contributed by atoms with E-state index in [0.29, 0.717) is 16.6 Å². The Morgan fingerprint density at radius 2 is 2.24 bits per heavy atom. The average molecular weight is 254 g/mol. The molecule has 1 saturated carbocycles. The molecule has 0 spiro atoms. The van der Waals surface area contributed by atoms with Crippen LogP contribution < -0.4 is 0 Å². The Kier molecular flexibility index (Phi) is 3.57. The van der Waals surface area contributed by atoms with Gasteiger partial charge in [-0.25, -0.2) is 0 Å². The summed E-state index contributed by atoms with van der Waals surface area (Å²) in [6, 6.07) is 4.92. The first-order valence-corrected chi connectivity index (χ1v) is 6.30. The molecule has 0 heterocycles. The summed E-state index contributed by atoms with van der Waals surface area (Å²) in [5.41, 5.74) is 0.304. The molecule has 92 valence electrons. The number of rotatable bonds is 4. The molecule has 0 saturated heterocycles. The molecule has 3 nitrogen and oxygen atoms in total. The summed E-state index contributed by atoms with van der Waals surface area (Å²) in [6.07, 6.45) is 3.05. The number of nitrogens with zero attached hydrogens (tertiary/aromatic N) is 1. The van der Waals surface area contributed by atoms with Crippen LogP contribution in [-0.2, 0) is 0 Å². The molecule has 1 aromatic rings. The third-order valence-electron chi connectivity index (χ3n) is 2.90. The van der Waals surface area contributed by atoms with Gasteiger partial charge in [-0.1, -0.05) is 18.5 Å². The number of carbonyl (C=O) groups is 1. The lowest BCUT2D eigenvalue weighted by Gasteiger charge is -2.22. The Morgan fingerprint density at radius 1 is 1.53 bits per heavy atom. The first-order valence-electron chi connectivity index (χ1n) is 5.93. The second-order valence-corrected chi connectivity index (χ2v) is 4.83. The fourth-order valence-electron chi connectivity index (χ4n) is 1.91. The van der Waals surface area contributed by atoms with Crippen molar-refractivity contribution >= 4 is 17.5 Å². The predicted molar refractivity (Wildman–Crippen MR) is 67.5 cm³/mol. The minimum atomic E-state index is -0.116. The minimum absolute atomic E-state index is 0.00107. The van der Waals surface area contributed by atoms with Crippen LogP contribution >= 0.6 is 11.6 Å². The van der Waals surface area contributed by atoms with Crippen LogP contribution in [0.5, 0.6) is 5.75 Å². The molecular weight excluding hydrogens is 238 g/mol. The van der Waals surface area contributed by atoms with Crippen LogP contribution in [0.2, 0.25) is 5.02 Å². The maximum absolute atomic E-state index is 12.3. The largest absolute Gasteiger partial charge is 0.507 e. The molecule has 1 N–H and O–H groups in total. The summed E-state index contributed by atoms with van der Waals surface area (Å²) in [6.45, 7) is 2.77. The third-order valence-corrected chi connectivity index (χ3v) is 3.14. The highest BCUT2D eigenvalue weighted by molar-refractivity contribution is 6.31. The van der Waals surface area contributed by atoms with Crippen LogP contribution in [0.1, 0.15) is 36.5 Å². The van der Waals surface area contributed by atoms with Gasteiger partial charge in [0.15, 0.2) is 0 Å². The van der Waals surface area contributed by atoms with Gasteiger partial charge in [0.25, 0.3) is 5.91 Å². The highest BCUT2D eigenvalue weighted by Gasteiger charge is 2.33. The Labute approximate surface area is 106 Å². The standard InChI is InChI=1S/C13H16ClNO2/c1-2-7-15(10-4-5-10)13(17)11-8-9(14)3-6-12(11)16/h3,6,8,10,16H,2,4-5,7H2,1H3. The molecule has 1 aliphatic carbocycles. The lowest BCUT2D eigenvalue weighted by atomic mass is 10.1. The van der Waals surface area contributed by atoms with E-state index in [4.69, 9.17) is 11.6 Å². The predicted octanol–water partition coefficient (Wildman–Crippen LogP) is 3.06. The van der Waals surface area contributed by atoms with Crippen LogP contribution in [0.25, 0.3) is 0 Å². The molecular formula is C13H16ClNO2. The Hall–Kier alpha value is -1.22. The van der Waals surface area contributed by atoms with E-state index in [1.807, 2.05) is 11.8 Å². The zero-order chi connectivity index (χ0) is 12.4. The Bertz CT molecular complexity index is 429. The molecule has 1 aliphatic rings. The van der Waals surface area contributed by atoms with Gasteiger partial charge in [0.1, 0.15) is 5.75 Å². The number of halogens is 1. The van der Waals surface area contributed by atoms with E-state index in [0.717, 1.165) is 25.8 Å². The summed E-state index contributed by atoms with van der Waals surface area (Å²) < 4.78 is 0. The molecule has 2 rings (SSSR count). The number of hydrogen-bond acceptors (Lipinski definition) is 2. The van der Waals surface area contributed by atoms with E-state index in [2.05, 4.69) is 0 Å². The van der Waals surface area contributed by atoms with Gasteiger partial charge in [0.2, 0.25) is 0 Å². The molecule has 17 heavy (non-hydrogen) atoms. The van der Waals surface area contributed by atoms with E-state index in [-0.39, 0.29) is 11.7 Å². The van der Waals surface area contributed by atoms with Gasteiger partial charge in [-0.2, -0.15) is 0 Å². The van der Waals surface area contributed by atoms with Gasteiger partial charge in [0, 0.05) is 17.6 Å². The van der Waals surface area contributed by atoms with Gasteiger partial charge < -0.3 is 10.0 Å². The lowest BCUT2D eigenvalue weighted by molar-refractivity contribution is 0.0740. The van der Waals surface area contributed by atoms with Crippen molar-refractivity contribution in [1.82, 2.24) is 4.90 Å². The van der Waals surface area contributed by atoms with Crippen LogP contribution in [0.4, 0.5) is 0 Å². The molecule has 0 unspecified atom stereocenters. The van der Waals surface area contributed by atoms with Gasteiger partial charge >= 0.3 is 0 Å². The van der Waals surface area contributed by atoms with E-state index in [9.17, 15) is 9.90 Å². The second-order valence-electron chi connectivity index (χ2n) is 4.39. The monoisotopic (exact) mass is 253 g/mol. The Balaban J connectivity index is 2.24. The van der Waals surface area contributed by atoms with E-state index in [1.165, 1.54) is 12.1 Å². The molecule has 0 aliphatic heterocycles. The number of carbonyl (C=O) groups excluding carboxylic acids is 1.